The second-order valence-electron chi connectivity index (χ2n) is 5.60. The number of carbonyl (C=O) groups is 1. The summed E-state index contributed by atoms with van der Waals surface area (Å²) in [5.74, 6) is -0.578. The highest BCUT2D eigenvalue weighted by Gasteiger charge is 2.22. The maximum Gasteiger partial charge on any atom is 0.239 e. The average Bonchev–Trinajstić information content (AvgIpc) is 2.57. The molecule has 2 rings (SSSR count). The van der Waals surface area contributed by atoms with Crippen LogP contribution in [0.5, 0.6) is 5.75 Å². The normalized spacial score (nSPS) is 11.4. The van der Waals surface area contributed by atoms with Gasteiger partial charge in [-0.1, -0.05) is 30.3 Å². The summed E-state index contributed by atoms with van der Waals surface area (Å²) < 4.78 is 44.2. The van der Waals surface area contributed by atoms with Gasteiger partial charge in [0.25, 0.3) is 0 Å². The number of hydrogen-bond donors (Lipinski definition) is 1. The Hall–Kier alpha value is -2.45. The van der Waals surface area contributed by atoms with Crippen LogP contribution in [0.2, 0.25) is 0 Å². The maximum atomic E-state index is 13.8. The van der Waals surface area contributed by atoms with Gasteiger partial charge in [-0.2, -0.15) is 4.31 Å². The van der Waals surface area contributed by atoms with Gasteiger partial charge in [0, 0.05) is 12.1 Å². The van der Waals surface area contributed by atoms with Crippen molar-refractivity contribution in [2.75, 3.05) is 24.7 Å². The number of ether oxygens (including phenoxy) is 1. The Bertz CT molecular complexity index is 871. The van der Waals surface area contributed by atoms with Crippen molar-refractivity contribution in [2.24, 2.45) is 0 Å². The van der Waals surface area contributed by atoms with Crippen LogP contribution in [0.15, 0.2) is 48.5 Å². The lowest BCUT2D eigenvalue weighted by Crippen LogP contribution is -2.37. The molecule has 2 aromatic rings. The van der Waals surface area contributed by atoms with Crippen LogP contribution in [-0.4, -0.2) is 38.0 Å². The van der Waals surface area contributed by atoms with Gasteiger partial charge in [-0.05, 0) is 25.1 Å². The Morgan fingerprint density at radius 3 is 2.46 bits per heavy atom. The Kier molecular flexibility index (Phi) is 6.70. The van der Waals surface area contributed by atoms with Crippen LogP contribution in [0.25, 0.3) is 0 Å². The molecule has 6 nitrogen and oxygen atoms in total. The van der Waals surface area contributed by atoms with Gasteiger partial charge >= 0.3 is 0 Å². The molecule has 0 radical (unpaired) electrons. The molecule has 0 heterocycles. The van der Waals surface area contributed by atoms with E-state index < -0.39 is 28.3 Å². The number of nitrogens with one attached hydrogen (secondary N) is 1. The lowest BCUT2D eigenvalue weighted by molar-refractivity contribution is -0.116. The molecule has 0 atom stereocenters. The highest BCUT2D eigenvalue weighted by Crippen LogP contribution is 2.23. The van der Waals surface area contributed by atoms with Gasteiger partial charge in [-0.3, -0.25) is 4.79 Å². The molecule has 140 valence electrons. The van der Waals surface area contributed by atoms with Crippen molar-refractivity contribution < 1.29 is 22.3 Å². The Morgan fingerprint density at radius 2 is 1.81 bits per heavy atom. The molecule has 1 amide bonds. The van der Waals surface area contributed by atoms with Gasteiger partial charge in [0.1, 0.15) is 11.6 Å². The van der Waals surface area contributed by atoms with Gasteiger partial charge in [0.15, 0.2) is 0 Å². The smallest absolute Gasteiger partial charge is 0.239 e. The number of hydrogen-bond acceptors (Lipinski definition) is 4. The number of nitrogens with zero attached hydrogens (tertiary/aromatic N) is 1. The minimum Gasteiger partial charge on any atom is -0.492 e. The summed E-state index contributed by atoms with van der Waals surface area (Å²) in [6.07, 6.45) is 0.981. The molecule has 0 saturated heterocycles. The third kappa shape index (κ3) is 5.53. The molecule has 2 aromatic carbocycles. The van der Waals surface area contributed by atoms with Gasteiger partial charge in [0.2, 0.25) is 15.9 Å². The van der Waals surface area contributed by atoms with Crippen molar-refractivity contribution in [3.8, 4) is 5.75 Å². The van der Waals surface area contributed by atoms with E-state index in [9.17, 15) is 17.6 Å². The highest BCUT2D eigenvalue weighted by atomic mass is 32.2. The van der Waals surface area contributed by atoms with Crippen LogP contribution in [0, 0.1) is 5.82 Å². The average molecular weight is 380 g/mol. The zero-order valence-electron chi connectivity index (χ0n) is 14.6. The van der Waals surface area contributed by atoms with Crippen LogP contribution >= 0.6 is 0 Å². The van der Waals surface area contributed by atoms with E-state index in [4.69, 9.17) is 4.74 Å². The minimum absolute atomic E-state index is 0.195. The van der Waals surface area contributed by atoms with Gasteiger partial charge < -0.3 is 10.1 Å². The van der Waals surface area contributed by atoms with E-state index >= 15 is 0 Å². The van der Waals surface area contributed by atoms with Gasteiger partial charge in [0.05, 0.1) is 25.1 Å². The standard InChI is InChI=1S/C18H21FN2O4S/c1-3-25-17-11-7-6-10-16(17)20-18(22)13-21(26(2,23)24)12-14-8-4-5-9-15(14)19/h4-11H,3,12-13H2,1-2H3,(H,20,22). The Labute approximate surface area is 152 Å². The molecule has 0 bridgehead atoms. The monoisotopic (exact) mass is 380 g/mol. The minimum atomic E-state index is -3.71. The van der Waals surface area contributed by atoms with Crippen molar-refractivity contribution in [1.29, 1.82) is 0 Å². The van der Waals surface area contributed by atoms with E-state index in [0.717, 1.165) is 10.6 Å². The number of halogens is 1. The van der Waals surface area contributed by atoms with E-state index in [0.29, 0.717) is 18.0 Å². The van der Waals surface area contributed by atoms with Crippen LogP contribution in [0.3, 0.4) is 0 Å². The van der Waals surface area contributed by atoms with Crippen molar-refractivity contribution in [3.05, 3.63) is 59.9 Å². The summed E-state index contributed by atoms with van der Waals surface area (Å²) in [6, 6.07) is 12.7. The zero-order valence-corrected chi connectivity index (χ0v) is 15.4. The van der Waals surface area contributed by atoms with E-state index in [1.807, 2.05) is 6.92 Å². The van der Waals surface area contributed by atoms with Gasteiger partial charge in [-0.25, -0.2) is 12.8 Å². The second-order valence-corrected chi connectivity index (χ2v) is 7.58. The van der Waals surface area contributed by atoms with E-state index in [2.05, 4.69) is 5.32 Å². The molecule has 0 saturated carbocycles. The molecular weight excluding hydrogens is 359 g/mol. The summed E-state index contributed by atoms with van der Waals surface area (Å²) >= 11 is 0. The third-order valence-electron chi connectivity index (χ3n) is 3.55. The third-order valence-corrected chi connectivity index (χ3v) is 4.75. The first-order chi connectivity index (χ1) is 12.3. The molecular formula is C18H21FN2O4S. The fraction of sp³-hybridized carbons (Fsp3) is 0.278. The molecule has 0 spiro atoms. The van der Waals surface area contributed by atoms with E-state index in [1.165, 1.54) is 18.2 Å². The molecule has 0 aliphatic heterocycles. The molecule has 8 heteroatoms. The lowest BCUT2D eigenvalue weighted by Gasteiger charge is -2.20. The second kappa shape index (κ2) is 8.77. The summed E-state index contributed by atoms with van der Waals surface area (Å²) in [6.45, 7) is 1.58. The quantitative estimate of drug-likeness (QED) is 0.764. The molecule has 0 unspecified atom stereocenters. The zero-order chi connectivity index (χ0) is 19.2. The van der Waals surface area contributed by atoms with E-state index in [1.54, 1.807) is 30.3 Å². The number of carbonyl (C=O) groups excluding carboxylic acids is 1. The fourth-order valence-electron chi connectivity index (χ4n) is 2.31. The highest BCUT2D eigenvalue weighted by molar-refractivity contribution is 7.88. The van der Waals surface area contributed by atoms with Crippen LogP contribution in [-0.2, 0) is 21.4 Å². The van der Waals surface area contributed by atoms with Crippen molar-refractivity contribution in [1.82, 2.24) is 4.31 Å². The van der Waals surface area contributed by atoms with Crippen molar-refractivity contribution >= 4 is 21.6 Å². The first-order valence-corrected chi connectivity index (χ1v) is 9.86. The molecule has 0 fully saturated rings. The number of rotatable bonds is 8. The fourth-order valence-corrected chi connectivity index (χ4v) is 3.03. The summed E-state index contributed by atoms with van der Waals surface area (Å²) in [5, 5.41) is 2.63. The Balaban J connectivity index is 2.14. The predicted octanol–water partition coefficient (Wildman–Crippen LogP) is 2.62. The number of sulfonamides is 1. The van der Waals surface area contributed by atoms with E-state index in [-0.39, 0.29) is 12.1 Å². The number of amides is 1. The number of para-hydroxylation sites is 2. The summed E-state index contributed by atoms with van der Waals surface area (Å²) in [5.41, 5.74) is 0.638. The van der Waals surface area contributed by atoms with Crippen molar-refractivity contribution in [2.45, 2.75) is 13.5 Å². The van der Waals surface area contributed by atoms with Crippen LogP contribution < -0.4 is 10.1 Å². The summed E-state index contributed by atoms with van der Waals surface area (Å²) in [7, 11) is -3.71. The largest absolute Gasteiger partial charge is 0.492 e. The molecule has 0 aromatic heterocycles. The topological polar surface area (TPSA) is 75.7 Å². The predicted molar refractivity (Wildman–Crippen MR) is 97.9 cm³/mol. The molecule has 26 heavy (non-hydrogen) atoms. The molecule has 0 aliphatic rings. The Morgan fingerprint density at radius 1 is 1.15 bits per heavy atom. The first kappa shape index (κ1) is 19.9. The van der Waals surface area contributed by atoms with Crippen LogP contribution in [0.4, 0.5) is 10.1 Å². The molecule has 0 aliphatic carbocycles. The number of benzene rings is 2. The first-order valence-electron chi connectivity index (χ1n) is 8.01. The van der Waals surface area contributed by atoms with Gasteiger partial charge in [-0.15, -0.1) is 0 Å². The van der Waals surface area contributed by atoms with Crippen molar-refractivity contribution in [3.63, 3.8) is 0 Å². The SMILES string of the molecule is CCOc1ccccc1NC(=O)CN(Cc1ccccc1F)S(C)(=O)=O. The molecule has 1 N–H and O–H groups in total. The lowest BCUT2D eigenvalue weighted by atomic mass is 10.2. The maximum absolute atomic E-state index is 13.8. The van der Waals surface area contributed by atoms with Crippen LogP contribution in [0.1, 0.15) is 12.5 Å². The summed E-state index contributed by atoms with van der Waals surface area (Å²) in [4.78, 5) is 12.3. The number of anilines is 1.